The van der Waals surface area contributed by atoms with Gasteiger partial charge < -0.3 is 4.74 Å². The van der Waals surface area contributed by atoms with E-state index >= 15 is 0 Å². The number of methoxy groups -OCH3 is 1. The van der Waals surface area contributed by atoms with Crippen LogP contribution in [0.2, 0.25) is 0 Å². The van der Waals surface area contributed by atoms with Gasteiger partial charge in [0, 0.05) is 22.9 Å². The lowest BCUT2D eigenvalue weighted by Gasteiger charge is -2.02. The van der Waals surface area contributed by atoms with Crippen molar-refractivity contribution in [1.82, 2.24) is 24.4 Å². The van der Waals surface area contributed by atoms with Gasteiger partial charge in [-0.1, -0.05) is 53.8 Å². The van der Waals surface area contributed by atoms with Crippen LogP contribution in [0, 0.1) is 6.92 Å². The molecule has 0 spiro atoms. The molecule has 7 nitrogen and oxygen atoms in total. The average Bonchev–Trinajstić information content (AvgIpc) is 3.60. The smallest absolute Gasteiger partial charge is 0.291 e. The van der Waals surface area contributed by atoms with Crippen molar-refractivity contribution in [2.75, 3.05) is 7.11 Å². The summed E-state index contributed by atoms with van der Waals surface area (Å²) >= 11 is 1.32. The van der Waals surface area contributed by atoms with Crippen LogP contribution in [0.25, 0.3) is 39.4 Å². The monoisotopic (exact) mass is 491 g/mol. The number of benzene rings is 3. The number of nitrogens with zero attached hydrogens (tertiary/aromatic N) is 5. The standard InChI is InChI=1S/C28H21N5O2S/c1-18-8-6-7-11-23(18)26-29-28-33(31-26)27(34)24(36-28)16-20-17-32(21-9-4-3-5-10-21)30-25(20)19-12-14-22(35-2)15-13-19/h3-17H,1-2H3/b24-16-. The van der Waals surface area contributed by atoms with E-state index in [9.17, 15) is 4.79 Å². The van der Waals surface area contributed by atoms with Crippen molar-refractivity contribution >= 4 is 22.4 Å². The third kappa shape index (κ3) is 3.87. The highest BCUT2D eigenvalue weighted by molar-refractivity contribution is 7.15. The Morgan fingerprint density at radius 2 is 1.67 bits per heavy atom. The van der Waals surface area contributed by atoms with E-state index in [1.165, 1.54) is 15.9 Å². The zero-order chi connectivity index (χ0) is 24.6. The Balaban J connectivity index is 1.49. The van der Waals surface area contributed by atoms with Gasteiger partial charge in [0.05, 0.1) is 17.3 Å². The van der Waals surface area contributed by atoms with Crippen molar-refractivity contribution in [3.05, 3.63) is 111 Å². The molecule has 3 aromatic carbocycles. The van der Waals surface area contributed by atoms with Crippen LogP contribution >= 0.6 is 11.3 Å². The van der Waals surface area contributed by atoms with Gasteiger partial charge in [-0.2, -0.15) is 14.6 Å². The van der Waals surface area contributed by atoms with Gasteiger partial charge in [-0.25, -0.2) is 4.68 Å². The number of rotatable bonds is 5. The van der Waals surface area contributed by atoms with E-state index in [-0.39, 0.29) is 5.56 Å². The number of thiazole rings is 1. The second-order valence-corrected chi connectivity index (χ2v) is 9.31. The summed E-state index contributed by atoms with van der Waals surface area (Å²) in [5, 5.41) is 9.35. The summed E-state index contributed by atoms with van der Waals surface area (Å²) in [5.74, 6) is 1.32. The van der Waals surface area contributed by atoms with E-state index in [0.29, 0.717) is 15.3 Å². The molecule has 36 heavy (non-hydrogen) atoms. The van der Waals surface area contributed by atoms with Gasteiger partial charge >= 0.3 is 0 Å². The number of para-hydroxylation sites is 1. The summed E-state index contributed by atoms with van der Waals surface area (Å²) in [4.78, 5) is 18.5. The van der Waals surface area contributed by atoms with Crippen LogP contribution < -0.4 is 14.8 Å². The molecule has 3 aromatic heterocycles. The first kappa shape index (κ1) is 21.9. The molecular formula is C28H21N5O2S. The molecule has 0 fully saturated rings. The Labute approximate surface area is 210 Å². The van der Waals surface area contributed by atoms with Crippen molar-refractivity contribution in [2.45, 2.75) is 6.92 Å². The van der Waals surface area contributed by atoms with E-state index in [1.54, 1.807) is 7.11 Å². The maximum Gasteiger partial charge on any atom is 0.291 e. The van der Waals surface area contributed by atoms with Crippen LogP contribution in [0.1, 0.15) is 11.1 Å². The van der Waals surface area contributed by atoms with Gasteiger partial charge in [0.25, 0.3) is 5.56 Å². The van der Waals surface area contributed by atoms with Gasteiger partial charge in [-0.05, 0) is 55.0 Å². The zero-order valence-corrected chi connectivity index (χ0v) is 20.4. The molecule has 6 rings (SSSR count). The van der Waals surface area contributed by atoms with Gasteiger partial charge in [0.1, 0.15) is 11.4 Å². The van der Waals surface area contributed by atoms with Gasteiger partial charge in [-0.3, -0.25) is 4.79 Å². The largest absolute Gasteiger partial charge is 0.497 e. The Bertz CT molecular complexity index is 1800. The van der Waals surface area contributed by atoms with Crippen molar-refractivity contribution in [3.63, 3.8) is 0 Å². The summed E-state index contributed by atoms with van der Waals surface area (Å²) in [6.45, 7) is 2.01. The van der Waals surface area contributed by atoms with Crippen LogP contribution in [0.15, 0.2) is 89.9 Å². The molecule has 0 atom stereocenters. The van der Waals surface area contributed by atoms with E-state index in [4.69, 9.17) is 9.84 Å². The number of ether oxygens (including phenoxy) is 1. The van der Waals surface area contributed by atoms with Crippen LogP contribution in [0.3, 0.4) is 0 Å². The highest BCUT2D eigenvalue weighted by Crippen LogP contribution is 2.26. The molecular weight excluding hydrogens is 470 g/mol. The van der Waals surface area contributed by atoms with Crippen molar-refractivity contribution in [2.24, 2.45) is 0 Å². The van der Waals surface area contributed by atoms with Crippen LogP contribution in [0.4, 0.5) is 0 Å². The minimum atomic E-state index is -0.199. The molecule has 0 N–H and O–H groups in total. The first-order valence-corrected chi connectivity index (χ1v) is 12.2. The second-order valence-electron chi connectivity index (χ2n) is 8.30. The number of fused-ring (bicyclic) bond motifs is 1. The topological polar surface area (TPSA) is 74.3 Å². The minimum absolute atomic E-state index is 0.199. The predicted molar refractivity (Wildman–Crippen MR) is 142 cm³/mol. The van der Waals surface area contributed by atoms with Crippen molar-refractivity contribution in [3.8, 4) is 34.1 Å². The van der Waals surface area contributed by atoms with Crippen molar-refractivity contribution in [1.29, 1.82) is 0 Å². The van der Waals surface area contributed by atoms with E-state index in [2.05, 4.69) is 10.1 Å². The molecule has 6 aromatic rings. The number of aryl methyl sites for hydroxylation is 1. The fourth-order valence-electron chi connectivity index (χ4n) is 4.09. The minimum Gasteiger partial charge on any atom is -0.497 e. The van der Waals surface area contributed by atoms with Gasteiger partial charge in [0.15, 0.2) is 5.82 Å². The van der Waals surface area contributed by atoms with E-state index in [1.807, 2.05) is 103 Å². The molecule has 3 heterocycles. The molecule has 8 heteroatoms. The first-order valence-electron chi connectivity index (χ1n) is 11.4. The fraction of sp³-hybridized carbons (Fsp3) is 0.0714. The lowest BCUT2D eigenvalue weighted by Crippen LogP contribution is -2.23. The Morgan fingerprint density at radius 3 is 2.39 bits per heavy atom. The Morgan fingerprint density at radius 1 is 0.917 bits per heavy atom. The lowest BCUT2D eigenvalue weighted by atomic mass is 10.1. The summed E-state index contributed by atoms with van der Waals surface area (Å²) in [5.41, 5.74) is 5.22. The van der Waals surface area contributed by atoms with Crippen LogP contribution in [-0.2, 0) is 0 Å². The Kier molecular flexibility index (Phi) is 5.42. The normalized spacial score (nSPS) is 11.9. The van der Waals surface area contributed by atoms with Gasteiger partial charge in [0.2, 0.25) is 4.96 Å². The summed E-state index contributed by atoms with van der Waals surface area (Å²) in [7, 11) is 1.64. The quantitative estimate of drug-likeness (QED) is 0.354. The molecule has 176 valence electrons. The second kappa shape index (κ2) is 8.90. The Hall–Kier alpha value is -4.56. The molecule has 0 radical (unpaired) electrons. The lowest BCUT2D eigenvalue weighted by molar-refractivity contribution is 0.415. The van der Waals surface area contributed by atoms with Crippen LogP contribution in [0.5, 0.6) is 5.75 Å². The molecule has 0 aliphatic heterocycles. The molecule has 0 saturated heterocycles. The maximum absolute atomic E-state index is 13.3. The molecule has 0 aliphatic carbocycles. The summed E-state index contributed by atoms with van der Waals surface area (Å²) < 4.78 is 9.05. The number of hydrogen-bond donors (Lipinski definition) is 0. The third-order valence-electron chi connectivity index (χ3n) is 5.98. The highest BCUT2D eigenvalue weighted by atomic mass is 32.1. The predicted octanol–water partition coefficient (Wildman–Crippen LogP) is 4.54. The molecule has 0 saturated carbocycles. The van der Waals surface area contributed by atoms with Gasteiger partial charge in [-0.15, -0.1) is 5.10 Å². The molecule has 0 bridgehead atoms. The van der Waals surface area contributed by atoms with Crippen molar-refractivity contribution < 1.29 is 4.74 Å². The average molecular weight is 492 g/mol. The molecule has 0 unspecified atom stereocenters. The van der Waals surface area contributed by atoms with Crippen LogP contribution in [-0.4, -0.2) is 31.5 Å². The zero-order valence-electron chi connectivity index (χ0n) is 19.6. The fourth-order valence-corrected chi connectivity index (χ4v) is 4.99. The van der Waals surface area contributed by atoms with E-state index < -0.39 is 0 Å². The first-order chi connectivity index (χ1) is 17.6. The molecule has 0 aliphatic rings. The summed E-state index contributed by atoms with van der Waals surface area (Å²) in [6, 6.07) is 25.5. The highest BCUT2D eigenvalue weighted by Gasteiger charge is 2.15. The van der Waals surface area contributed by atoms with E-state index in [0.717, 1.165) is 39.4 Å². The number of hydrogen-bond acceptors (Lipinski definition) is 6. The molecule has 0 amide bonds. The summed E-state index contributed by atoms with van der Waals surface area (Å²) in [6.07, 6.45) is 3.80. The third-order valence-corrected chi connectivity index (χ3v) is 6.94. The maximum atomic E-state index is 13.3. The number of aromatic nitrogens is 5. The SMILES string of the molecule is COc1ccc(-c2nn(-c3ccccc3)cc2/C=c2\sc3nc(-c4ccccc4C)nn3c2=O)cc1.